The highest BCUT2D eigenvalue weighted by molar-refractivity contribution is 6.21. The van der Waals surface area contributed by atoms with Gasteiger partial charge in [-0.25, -0.2) is 0 Å². The molecule has 0 heterocycles. The van der Waals surface area contributed by atoms with Gasteiger partial charge in [-0.05, 0) is 37.1 Å². The Hall–Kier alpha value is -1.77. The Morgan fingerprint density at radius 1 is 1.20 bits per heavy atom. The number of methoxy groups -OCH3 is 1. The van der Waals surface area contributed by atoms with Gasteiger partial charge in [-0.2, -0.15) is 0 Å². The normalized spacial score (nSPS) is 14.5. The molecule has 0 amide bonds. The number of fused-ring (bicyclic) bond motifs is 1. The minimum atomic E-state index is -0.112. The molecule has 3 nitrogen and oxygen atoms in total. The Kier molecular flexibility index (Phi) is 2.03. The number of rotatable bonds is 1. The molecule has 0 aromatic heterocycles. The van der Waals surface area contributed by atoms with Gasteiger partial charge in [0.25, 0.3) is 0 Å². The van der Waals surface area contributed by atoms with Crippen LogP contribution in [-0.4, -0.2) is 18.0 Å². The highest BCUT2D eigenvalue weighted by Gasteiger charge is 2.28. The predicted molar refractivity (Wildman–Crippen MR) is 57.3 cm³/mol. The third-order valence-corrected chi connectivity index (χ3v) is 2.89. The lowest BCUT2D eigenvalue weighted by molar-refractivity contribution is 0.103. The second-order valence-corrected chi connectivity index (χ2v) is 3.62. The monoisotopic (exact) mass is 204 g/mol. The summed E-state index contributed by atoms with van der Waals surface area (Å²) in [7, 11) is 1.47. The number of hydrogen-bond acceptors (Lipinski definition) is 3. The number of benzene rings is 1. The van der Waals surface area contributed by atoms with E-state index < -0.39 is 0 Å². The van der Waals surface area contributed by atoms with Crippen LogP contribution in [0.25, 0.3) is 5.57 Å². The van der Waals surface area contributed by atoms with Gasteiger partial charge in [-0.3, -0.25) is 4.79 Å². The number of ether oxygens (including phenoxy) is 1. The van der Waals surface area contributed by atoms with Crippen molar-refractivity contribution in [1.29, 1.82) is 0 Å². The van der Waals surface area contributed by atoms with Crippen molar-refractivity contribution in [2.75, 3.05) is 7.11 Å². The first-order chi connectivity index (χ1) is 7.07. The van der Waals surface area contributed by atoms with Gasteiger partial charge in [0.05, 0.1) is 12.7 Å². The maximum atomic E-state index is 11.8. The molecule has 3 heteroatoms. The lowest BCUT2D eigenvalue weighted by Gasteiger charge is -2.07. The maximum Gasteiger partial charge on any atom is 0.193 e. The van der Waals surface area contributed by atoms with Crippen LogP contribution in [0.1, 0.15) is 29.8 Å². The van der Waals surface area contributed by atoms with Crippen LogP contribution in [0.4, 0.5) is 0 Å². The molecular formula is C12H12O3. The summed E-state index contributed by atoms with van der Waals surface area (Å²) in [4.78, 5) is 11.8. The van der Waals surface area contributed by atoms with Crippen LogP contribution in [-0.2, 0) is 0 Å². The standard InChI is InChI=1S/C12H12O3/c1-6-7(2)11(13)10-8(6)4-5-9(15-3)12(10)14/h4-5,14H,1-3H3. The minimum Gasteiger partial charge on any atom is -0.504 e. The van der Waals surface area contributed by atoms with Gasteiger partial charge in [0.2, 0.25) is 0 Å². The third-order valence-electron chi connectivity index (χ3n) is 2.89. The van der Waals surface area contributed by atoms with Crippen LogP contribution in [0, 0.1) is 0 Å². The Bertz CT molecular complexity index is 484. The fraction of sp³-hybridized carbons (Fsp3) is 0.250. The van der Waals surface area contributed by atoms with Crippen molar-refractivity contribution in [2.45, 2.75) is 13.8 Å². The number of phenolic OH excluding ortho intramolecular Hbond substituents is 1. The first-order valence-corrected chi connectivity index (χ1v) is 4.70. The first-order valence-electron chi connectivity index (χ1n) is 4.70. The maximum absolute atomic E-state index is 11.8. The van der Waals surface area contributed by atoms with Crippen molar-refractivity contribution in [3.05, 3.63) is 28.8 Å². The van der Waals surface area contributed by atoms with E-state index in [1.165, 1.54) is 7.11 Å². The van der Waals surface area contributed by atoms with Gasteiger partial charge in [0.1, 0.15) is 0 Å². The van der Waals surface area contributed by atoms with Crippen molar-refractivity contribution in [2.24, 2.45) is 0 Å². The van der Waals surface area contributed by atoms with Crippen LogP contribution in [0.15, 0.2) is 17.7 Å². The van der Waals surface area contributed by atoms with Crippen molar-refractivity contribution < 1.29 is 14.6 Å². The molecule has 0 radical (unpaired) electrons. The molecule has 1 N–H and O–H groups in total. The first kappa shape index (κ1) is 9.77. The lowest BCUT2D eigenvalue weighted by atomic mass is 10.0. The fourth-order valence-electron chi connectivity index (χ4n) is 1.84. The average Bonchev–Trinajstić information content (AvgIpc) is 2.45. The number of Topliss-reactive ketones (excluding diaryl/α,β-unsaturated/α-hetero) is 1. The number of hydrogen-bond donors (Lipinski definition) is 1. The number of phenols is 1. The second-order valence-electron chi connectivity index (χ2n) is 3.62. The minimum absolute atomic E-state index is 0.0591. The molecule has 78 valence electrons. The molecule has 0 saturated heterocycles. The van der Waals surface area contributed by atoms with E-state index in [9.17, 15) is 9.90 Å². The summed E-state index contributed by atoms with van der Waals surface area (Å²) in [6.07, 6.45) is 0. The molecule has 0 fully saturated rings. The zero-order valence-corrected chi connectivity index (χ0v) is 8.92. The van der Waals surface area contributed by atoms with Crippen molar-refractivity contribution in [3.8, 4) is 11.5 Å². The van der Waals surface area contributed by atoms with Gasteiger partial charge in [-0.1, -0.05) is 0 Å². The highest BCUT2D eigenvalue weighted by atomic mass is 16.5. The number of carbonyl (C=O) groups is 1. The van der Waals surface area contributed by atoms with E-state index in [0.29, 0.717) is 16.9 Å². The molecule has 1 aliphatic carbocycles. The van der Waals surface area contributed by atoms with Crippen molar-refractivity contribution in [3.63, 3.8) is 0 Å². The van der Waals surface area contributed by atoms with Crippen molar-refractivity contribution >= 4 is 11.4 Å². The van der Waals surface area contributed by atoms with Gasteiger partial charge >= 0.3 is 0 Å². The fourth-order valence-corrected chi connectivity index (χ4v) is 1.84. The summed E-state index contributed by atoms with van der Waals surface area (Å²) in [6, 6.07) is 3.47. The third kappa shape index (κ3) is 1.16. The van der Waals surface area contributed by atoms with Gasteiger partial charge < -0.3 is 9.84 Å². The Labute approximate surface area is 88.0 Å². The van der Waals surface area contributed by atoms with Gasteiger partial charge in [-0.15, -0.1) is 0 Å². The summed E-state index contributed by atoms with van der Waals surface area (Å²) >= 11 is 0. The molecule has 15 heavy (non-hydrogen) atoms. The highest BCUT2D eigenvalue weighted by Crippen LogP contribution is 2.41. The van der Waals surface area contributed by atoms with E-state index >= 15 is 0 Å². The van der Waals surface area contributed by atoms with E-state index in [2.05, 4.69) is 0 Å². The predicted octanol–water partition coefficient (Wildman–Crippen LogP) is 2.39. The quantitative estimate of drug-likeness (QED) is 0.764. The molecule has 0 saturated carbocycles. The SMILES string of the molecule is COc1ccc2c(c1O)C(=O)C(C)=C2C. The molecule has 0 atom stereocenters. The molecule has 1 aromatic rings. The largest absolute Gasteiger partial charge is 0.504 e. The van der Waals surface area contributed by atoms with E-state index in [1.807, 2.05) is 6.92 Å². The molecule has 2 rings (SSSR count). The molecular weight excluding hydrogens is 192 g/mol. The van der Waals surface area contributed by atoms with Crippen LogP contribution in [0.3, 0.4) is 0 Å². The van der Waals surface area contributed by atoms with E-state index in [-0.39, 0.29) is 11.5 Å². The Morgan fingerprint density at radius 2 is 1.87 bits per heavy atom. The zero-order valence-electron chi connectivity index (χ0n) is 8.92. The summed E-state index contributed by atoms with van der Waals surface area (Å²) in [6.45, 7) is 3.65. The molecule has 0 bridgehead atoms. The Balaban J connectivity index is 2.72. The van der Waals surface area contributed by atoms with E-state index in [0.717, 1.165) is 11.1 Å². The molecule has 1 aromatic carbocycles. The number of allylic oxidation sites excluding steroid dienone is 2. The number of ketones is 1. The Morgan fingerprint density at radius 3 is 2.47 bits per heavy atom. The number of carbonyl (C=O) groups excluding carboxylic acids is 1. The van der Waals surface area contributed by atoms with Gasteiger partial charge in [0, 0.05) is 5.57 Å². The molecule has 1 aliphatic rings. The average molecular weight is 204 g/mol. The summed E-state index contributed by atoms with van der Waals surface area (Å²) < 4.78 is 4.97. The summed E-state index contributed by atoms with van der Waals surface area (Å²) in [5, 5.41) is 9.84. The van der Waals surface area contributed by atoms with Crippen molar-refractivity contribution in [1.82, 2.24) is 0 Å². The summed E-state index contributed by atoms with van der Waals surface area (Å²) in [5.74, 6) is 0.166. The zero-order chi connectivity index (χ0) is 11.2. The lowest BCUT2D eigenvalue weighted by Crippen LogP contribution is -1.97. The smallest absolute Gasteiger partial charge is 0.193 e. The van der Waals surface area contributed by atoms with Gasteiger partial charge in [0.15, 0.2) is 17.3 Å². The molecule has 0 aliphatic heterocycles. The topological polar surface area (TPSA) is 46.5 Å². The number of aromatic hydroxyl groups is 1. The van der Waals surface area contributed by atoms with Crippen LogP contribution in [0.2, 0.25) is 0 Å². The van der Waals surface area contributed by atoms with Crippen LogP contribution < -0.4 is 4.74 Å². The van der Waals surface area contributed by atoms with E-state index in [4.69, 9.17) is 4.74 Å². The van der Waals surface area contributed by atoms with Crippen LogP contribution >= 0.6 is 0 Å². The second kappa shape index (κ2) is 3.12. The van der Waals surface area contributed by atoms with Crippen LogP contribution in [0.5, 0.6) is 11.5 Å². The molecule has 0 unspecified atom stereocenters. The summed E-state index contributed by atoms with van der Waals surface area (Å²) in [5.41, 5.74) is 2.78. The van der Waals surface area contributed by atoms with E-state index in [1.54, 1.807) is 19.1 Å². The molecule has 0 spiro atoms.